The third kappa shape index (κ3) is 3.33. The number of aliphatic hydroxyl groups excluding tert-OH is 2. The number of likely N-dealkylation sites (tertiary alicyclic amines) is 1. The maximum absolute atomic E-state index is 17.5. The van der Waals surface area contributed by atoms with E-state index in [1.54, 1.807) is 6.92 Å². The number of anilines is 1. The quantitative estimate of drug-likeness (QED) is 0.488. The molecule has 0 unspecified atom stereocenters. The van der Waals surface area contributed by atoms with Crippen LogP contribution in [0.2, 0.25) is 0 Å². The van der Waals surface area contributed by atoms with Gasteiger partial charge in [-0.2, -0.15) is 0 Å². The average molecular weight is 557 g/mol. The number of carbonyl (C=O) groups is 2. The molecule has 1 aromatic rings. The Balaban J connectivity index is 1.38. The summed E-state index contributed by atoms with van der Waals surface area (Å²) in [5.74, 6) is -2.23. The molecule has 0 aromatic heterocycles. The molecule has 9 atom stereocenters. The van der Waals surface area contributed by atoms with Gasteiger partial charge in [0.05, 0.1) is 11.5 Å². The number of aliphatic hydroxyl groups is 2. The van der Waals surface area contributed by atoms with E-state index < -0.39 is 52.6 Å². The molecule has 1 heterocycles. The number of fused-ring (bicyclic) bond motifs is 7. The van der Waals surface area contributed by atoms with Crippen LogP contribution in [0.4, 0.5) is 14.5 Å². The van der Waals surface area contributed by atoms with E-state index in [-0.39, 0.29) is 42.4 Å². The predicted octanol–water partition coefficient (Wildman–Crippen LogP) is 3.79. The number of rotatable bonds is 3. The van der Waals surface area contributed by atoms with E-state index in [9.17, 15) is 19.8 Å². The summed E-state index contributed by atoms with van der Waals surface area (Å²) in [5, 5.41) is 25.5. The molecule has 4 fully saturated rings. The van der Waals surface area contributed by atoms with Crippen molar-refractivity contribution in [2.45, 2.75) is 51.1 Å². The molecule has 208 valence electrons. The van der Waals surface area contributed by atoms with Crippen LogP contribution >= 0.6 is 12.2 Å². The molecule has 9 heteroatoms. The maximum atomic E-state index is 17.5. The lowest BCUT2D eigenvalue weighted by Gasteiger charge is -2.63. The molecule has 3 N–H and O–H groups in total. The molecule has 4 aliphatic carbocycles. The van der Waals surface area contributed by atoms with E-state index in [0.29, 0.717) is 18.1 Å². The normalized spacial score (nSPS) is 44.2. The Kier molecular flexibility index (Phi) is 6.00. The summed E-state index contributed by atoms with van der Waals surface area (Å²) in [6.07, 6.45) is 1.13. The maximum Gasteiger partial charge on any atom is 0.178 e. The fourth-order valence-corrected chi connectivity index (χ4v) is 9.56. The molecule has 0 bridgehead atoms. The summed E-state index contributed by atoms with van der Waals surface area (Å²) in [6, 6.07) is 9.46. The van der Waals surface area contributed by atoms with Crippen LogP contribution in [-0.4, -0.2) is 69.4 Å². The zero-order valence-corrected chi connectivity index (χ0v) is 22.9. The van der Waals surface area contributed by atoms with E-state index in [4.69, 9.17) is 12.2 Å². The minimum Gasteiger partial charge on any atom is -0.390 e. The summed E-state index contributed by atoms with van der Waals surface area (Å²) in [4.78, 5) is 27.7. The molecule has 6 rings (SSSR count). The van der Waals surface area contributed by atoms with Gasteiger partial charge in [0.15, 0.2) is 22.3 Å². The lowest BCUT2D eigenvalue weighted by atomic mass is 9.43. The lowest BCUT2D eigenvalue weighted by Crippen LogP contribution is -2.69. The molecule has 1 aliphatic heterocycles. The van der Waals surface area contributed by atoms with Crippen molar-refractivity contribution in [1.82, 2.24) is 4.90 Å². The number of alkyl halides is 2. The number of Topliss-reactive ketones (excluding diaryl/α,β-unsaturated/α-hetero) is 1. The minimum absolute atomic E-state index is 0.0127. The van der Waals surface area contributed by atoms with Gasteiger partial charge in [0, 0.05) is 30.1 Å². The first-order valence-electron chi connectivity index (χ1n) is 13.6. The molecular weight excluding hydrogens is 522 g/mol. The molecule has 6 nitrogen and oxygen atoms in total. The van der Waals surface area contributed by atoms with Crippen molar-refractivity contribution in [2.24, 2.45) is 34.0 Å². The Morgan fingerprint density at radius 2 is 1.92 bits per heavy atom. The number of hydrogen-bond donors (Lipinski definition) is 3. The zero-order valence-electron chi connectivity index (χ0n) is 22.1. The summed E-state index contributed by atoms with van der Waals surface area (Å²) < 4.78 is 33.2. The highest BCUT2D eigenvalue weighted by atomic mass is 32.1. The average Bonchev–Trinajstić information content (AvgIpc) is 3.41. The number of nitrogens with zero attached hydrogens (tertiary/aromatic N) is 1. The Morgan fingerprint density at radius 3 is 2.62 bits per heavy atom. The van der Waals surface area contributed by atoms with Crippen molar-refractivity contribution in [3.8, 4) is 0 Å². The molecule has 3 saturated carbocycles. The second kappa shape index (κ2) is 8.75. The monoisotopic (exact) mass is 556 g/mol. The van der Waals surface area contributed by atoms with Crippen molar-refractivity contribution in [2.75, 3.05) is 25.0 Å². The lowest BCUT2D eigenvalue weighted by molar-refractivity contribution is -0.211. The van der Waals surface area contributed by atoms with Crippen LogP contribution in [0.3, 0.4) is 0 Å². The Labute approximate surface area is 232 Å². The van der Waals surface area contributed by atoms with Crippen LogP contribution < -0.4 is 5.32 Å². The van der Waals surface area contributed by atoms with Crippen molar-refractivity contribution in [3.05, 3.63) is 54.1 Å². The molecule has 0 spiro atoms. The number of thiocarbonyl (C=S) groups is 1. The largest absolute Gasteiger partial charge is 0.390 e. The number of para-hydroxylation sites is 1. The van der Waals surface area contributed by atoms with Gasteiger partial charge in [-0.15, -0.1) is 0 Å². The van der Waals surface area contributed by atoms with Crippen LogP contribution in [-0.2, 0) is 9.59 Å². The predicted molar refractivity (Wildman–Crippen MR) is 146 cm³/mol. The third-order valence-corrected chi connectivity index (χ3v) is 11.5. The Morgan fingerprint density at radius 1 is 1.21 bits per heavy atom. The highest BCUT2D eigenvalue weighted by Gasteiger charge is 2.78. The number of hydrogen-bond acceptors (Lipinski definition) is 5. The SMILES string of the molecule is C[C@]12C=CC(=O)C=C1[C@@H](F)C[C@H]1[C@@H]3C[C@H]4CN(C(=S)Nc5ccccc5)C[C@@]4(C(=O)CO)[C@@]3(C)C[C@H](O)[C@@]12F. The van der Waals surface area contributed by atoms with Crippen molar-refractivity contribution >= 4 is 34.6 Å². The zero-order chi connectivity index (χ0) is 28.0. The summed E-state index contributed by atoms with van der Waals surface area (Å²) >= 11 is 5.71. The highest BCUT2D eigenvalue weighted by molar-refractivity contribution is 7.80. The number of allylic oxidation sites excluding steroid dienone is 4. The van der Waals surface area contributed by atoms with Gasteiger partial charge in [0.1, 0.15) is 12.8 Å². The summed E-state index contributed by atoms with van der Waals surface area (Å²) in [5.41, 5.74) is -4.73. The first kappa shape index (κ1) is 26.7. The van der Waals surface area contributed by atoms with Gasteiger partial charge in [-0.3, -0.25) is 9.59 Å². The first-order valence-corrected chi connectivity index (χ1v) is 14.0. The van der Waals surface area contributed by atoms with Crippen LogP contribution in [0.1, 0.15) is 33.1 Å². The first-order chi connectivity index (χ1) is 18.4. The Bertz CT molecular complexity index is 1300. The number of carbonyl (C=O) groups excluding carboxylic acids is 2. The van der Waals surface area contributed by atoms with Crippen molar-refractivity contribution in [1.29, 1.82) is 0 Å². The fraction of sp³-hybridized carbons (Fsp3) is 0.567. The number of benzene rings is 1. The molecule has 1 aromatic carbocycles. The second-order valence-electron chi connectivity index (χ2n) is 12.5. The van der Waals surface area contributed by atoms with Crippen molar-refractivity contribution in [3.63, 3.8) is 0 Å². The van der Waals surface area contributed by atoms with Gasteiger partial charge in [0.25, 0.3) is 0 Å². The third-order valence-electron chi connectivity index (χ3n) is 11.1. The topological polar surface area (TPSA) is 89.9 Å². The van der Waals surface area contributed by atoms with E-state index in [1.807, 2.05) is 42.2 Å². The van der Waals surface area contributed by atoms with Crippen LogP contribution in [0, 0.1) is 34.0 Å². The fourth-order valence-electron chi connectivity index (χ4n) is 9.30. The van der Waals surface area contributed by atoms with Gasteiger partial charge < -0.3 is 20.4 Å². The summed E-state index contributed by atoms with van der Waals surface area (Å²) in [6.45, 7) is 3.48. The molecular formula is C30H34F2N2O4S. The van der Waals surface area contributed by atoms with Gasteiger partial charge in [-0.25, -0.2) is 8.78 Å². The van der Waals surface area contributed by atoms with Crippen LogP contribution in [0.25, 0.3) is 0 Å². The van der Waals surface area contributed by atoms with Crippen LogP contribution in [0.5, 0.6) is 0 Å². The van der Waals surface area contributed by atoms with E-state index in [0.717, 1.165) is 5.69 Å². The van der Waals surface area contributed by atoms with E-state index in [2.05, 4.69) is 5.32 Å². The van der Waals surface area contributed by atoms with E-state index >= 15 is 8.78 Å². The molecule has 1 saturated heterocycles. The Hall–Kier alpha value is -2.49. The second-order valence-corrected chi connectivity index (χ2v) is 12.9. The molecule has 0 radical (unpaired) electrons. The van der Waals surface area contributed by atoms with Crippen molar-refractivity contribution < 1.29 is 28.6 Å². The van der Waals surface area contributed by atoms with Gasteiger partial charge in [-0.05, 0) is 85.5 Å². The number of nitrogens with one attached hydrogen (secondary N) is 1. The van der Waals surface area contributed by atoms with Crippen LogP contribution in [0.15, 0.2) is 54.1 Å². The summed E-state index contributed by atoms with van der Waals surface area (Å²) in [7, 11) is 0. The highest BCUT2D eigenvalue weighted by Crippen LogP contribution is 2.74. The number of ketones is 2. The van der Waals surface area contributed by atoms with E-state index in [1.165, 1.54) is 18.2 Å². The smallest absolute Gasteiger partial charge is 0.178 e. The molecule has 39 heavy (non-hydrogen) atoms. The van der Waals surface area contributed by atoms with Gasteiger partial charge in [0.2, 0.25) is 0 Å². The minimum atomic E-state index is -2.20. The number of halogens is 2. The standard InChI is InChI=1S/C30H34F2N2O4S/c1-27-9-8-19(36)11-22(27)23(31)12-21-20-10-17-14-34(26(39)33-18-6-4-3-5-7-18)16-29(17,25(38)15-35)28(20,2)13-24(37)30(21,27)32/h3-9,11,17,20-21,23-24,35,37H,10,12-16H2,1-2H3,(H,33,39)/t17-,20-,21-,23-,24-,27-,28-,29+,30-/m0/s1. The van der Waals surface area contributed by atoms with Gasteiger partial charge in [-0.1, -0.05) is 31.2 Å². The van der Waals surface area contributed by atoms with Gasteiger partial charge >= 0.3 is 0 Å². The molecule has 5 aliphatic rings. The molecule has 0 amide bonds.